The molecule has 1 rings (SSSR count). The van der Waals surface area contributed by atoms with Gasteiger partial charge in [0.25, 0.3) is 0 Å². The van der Waals surface area contributed by atoms with E-state index in [4.69, 9.17) is 5.73 Å². The van der Waals surface area contributed by atoms with Crippen molar-refractivity contribution in [1.29, 1.82) is 0 Å². The zero-order valence-corrected chi connectivity index (χ0v) is 26.4. The molecule has 0 radical (unpaired) electrons. The van der Waals surface area contributed by atoms with Crippen LogP contribution in [-0.4, -0.2) is 5.97 Å². The molecular weight excluding hydrogens is 490 g/mol. The minimum absolute atomic E-state index is 0.171. The maximum Gasteiger partial charge on any atom is 0.0715 e. The van der Waals surface area contributed by atoms with E-state index in [1.807, 2.05) is 0 Å². The summed E-state index contributed by atoms with van der Waals surface area (Å²) in [6, 6.07) is 4.74. The quantitative estimate of drug-likeness (QED) is 0.148. The standard InChI is InChI=1S/C37H55NO2/c1-28(2)13-8-14-29(3)15-9-16-30(4)17-10-18-31(5)19-11-20-32(6)21-12-22-33(7)23-24-34-27-35(37(39)40)25-26-36(34)38/h13,15,17,19,21,23,25-27H,8-12,14,16,18,20,22,24,38H2,1-7H3,(H,39,40)/p-1/b29-15+,30-17+,31-19+,32-21+,33-23+. The molecule has 0 saturated heterocycles. The lowest BCUT2D eigenvalue weighted by atomic mass is 10.0. The summed E-state index contributed by atoms with van der Waals surface area (Å²) in [6.45, 7) is 15.4. The second-order valence-corrected chi connectivity index (χ2v) is 11.6. The van der Waals surface area contributed by atoms with Crippen LogP contribution in [0.1, 0.15) is 129 Å². The van der Waals surface area contributed by atoms with Crippen LogP contribution < -0.4 is 10.8 Å². The van der Waals surface area contributed by atoms with Gasteiger partial charge < -0.3 is 15.6 Å². The van der Waals surface area contributed by atoms with Crippen molar-refractivity contribution in [3.05, 3.63) is 99.2 Å². The molecule has 1 aromatic rings. The van der Waals surface area contributed by atoms with Gasteiger partial charge in [-0.3, -0.25) is 0 Å². The molecule has 0 unspecified atom stereocenters. The minimum atomic E-state index is -1.17. The maximum absolute atomic E-state index is 11.1. The van der Waals surface area contributed by atoms with Crippen LogP contribution in [0, 0.1) is 0 Å². The van der Waals surface area contributed by atoms with Gasteiger partial charge in [0.1, 0.15) is 0 Å². The Bertz CT molecular complexity index is 1120. The first-order valence-electron chi connectivity index (χ1n) is 15.0. The third-order valence-electron chi connectivity index (χ3n) is 7.27. The fraction of sp³-hybridized carbons (Fsp3) is 0.486. The number of carbonyl (C=O) groups excluding carboxylic acids is 1. The van der Waals surface area contributed by atoms with Crippen molar-refractivity contribution in [3.8, 4) is 0 Å². The summed E-state index contributed by atoms with van der Waals surface area (Å²) in [5.74, 6) is -1.17. The largest absolute Gasteiger partial charge is 0.545 e. The lowest BCUT2D eigenvalue weighted by Crippen LogP contribution is -2.22. The number of carboxylic acids is 1. The first kappa shape index (κ1) is 35.0. The van der Waals surface area contributed by atoms with Gasteiger partial charge in [-0.25, -0.2) is 0 Å². The molecule has 0 aromatic heterocycles. The van der Waals surface area contributed by atoms with E-state index in [0.29, 0.717) is 12.1 Å². The van der Waals surface area contributed by atoms with E-state index in [1.54, 1.807) is 12.1 Å². The zero-order chi connectivity index (χ0) is 29.9. The predicted molar refractivity (Wildman–Crippen MR) is 173 cm³/mol. The molecule has 0 fully saturated rings. The van der Waals surface area contributed by atoms with Crippen LogP contribution in [0.25, 0.3) is 0 Å². The number of carboxylic acid groups (broad SMARTS) is 1. The Balaban J connectivity index is 2.33. The molecule has 1 aromatic carbocycles. The summed E-state index contributed by atoms with van der Waals surface area (Å²) in [5, 5.41) is 11.1. The number of anilines is 1. The fourth-order valence-corrected chi connectivity index (χ4v) is 4.48. The maximum atomic E-state index is 11.1. The number of benzene rings is 1. The molecule has 0 heterocycles. The molecule has 3 nitrogen and oxygen atoms in total. The molecule has 3 heteroatoms. The molecule has 0 aliphatic rings. The van der Waals surface area contributed by atoms with Crippen molar-refractivity contribution in [2.75, 3.05) is 5.73 Å². The van der Waals surface area contributed by atoms with Crippen LogP contribution in [0.4, 0.5) is 5.69 Å². The van der Waals surface area contributed by atoms with Gasteiger partial charge >= 0.3 is 0 Å². The van der Waals surface area contributed by atoms with Crippen LogP contribution >= 0.6 is 0 Å². The second-order valence-electron chi connectivity index (χ2n) is 11.6. The highest BCUT2D eigenvalue weighted by Crippen LogP contribution is 2.18. The normalized spacial score (nSPS) is 13.5. The van der Waals surface area contributed by atoms with Gasteiger partial charge in [-0.1, -0.05) is 76.0 Å². The lowest BCUT2D eigenvalue weighted by molar-refractivity contribution is -0.255. The smallest absolute Gasteiger partial charge is 0.0715 e. The highest BCUT2D eigenvalue weighted by Gasteiger charge is 2.02. The van der Waals surface area contributed by atoms with Crippen LogP contribution in [0.15, 0.2) is 88.1 Å². The third kappa shape index (κ3) is 16.8. The van der Waals surface area contributed by atoms with Crippen molar-refractivity contribution < 1.29 is 9.90 Å². The average Bonchev–Trinajstić information content (AvgIpc) is 2.87. The van der Waals surface area contributed by atoms with Crippen molar-refractivity contribution in [1.82, 2.24) is 0 Å². The third-order valence-corrected chi connectivity index (χ3v) is 7.27. The number of rotatable bonds is 18. The van der Waals surface area contributed by atoms with Gasteiger partial charge in [0.05, 0.1) is 5.97 Å². The molecule has 0 saturated carbocycles. The number of carbonyl (C=O) groups is 1. The fourth-order valence-electron chi connectivity index (χ4n) is 4.48. The number of nitrogen functional groups attached to an aromatic ring is 1. The molecule has 0 atom stereocenters. The van der Waals surface area contributed by atoms with Crippen molar-refractivity contribution in [3.63, 3.8) is 0 Å². The highest BCUT2D eigenvalue weighted by molar-refractivity contribution is 5.86. The van der Waals surface area contributed by atoms with Gasteiger partial charge in [-0.2, -0.15) is 0 Å². The number of hydrogen-bond acceptors (Lipinski definition) is 3. The minimum Gasteiger partial charge on any atom is -0.545 e. The van der Waals surface area contributed by atoms with E-state index < -0.39 is 5.97 Å². The Morgan fingerprint density at radius 1 is 0.625 bits per heavy atom. The second kappa shape index (κ2) is 19.9. The number of nitrogens with two attached hydrogens (primary N) is 1. The van der Waals surface area contributed by atoms with Gasteiger partial charge in [0.2, 0.25) is 0 Å². The summed E-state index contributed by atoms with van der Waals surface area (Å²) >= 11 is 0. The monoisotopic (exact) mass is 544 g/mol. The highest BCUT2D eigenvalue weighted by atomic mass is 16.4. The average molecular weight is 545 g/mol. The molecule has 0 aliphatic carbocycles. The van der Waals surface area contributed by atoms with E-state index in [-0.39, 0.29) is 5.56 Å². The van der Waals surface area contributed by atoms with E-state index in [2.05, 4.69) is 84.9 Å². The lowest BCUT2D eigenvalue weighted by Gasteiger charge is -2.08. The Morgan fingerprint density at radius 3 is 1.38 bits per heavy atom. The number of hydrogen-bond donors (Lipinski definition) is 1. The number of aromatic carboxylic acids is 1. The predicted octanol–water partition coefficient (Wildman–Crippen LogP) is 9.77. The first-order chi connectivity index (χ1) is 19.0. The van der Waals surface area contributed by atoms with Crippen LogP contribution in [-0.2, 0) is 6.42 Å². The molecule has 0 bridgehead atoms. The van der Waals surface area contributed by atoms with Gasteiger partial charge in [0.15, 0.2) is 0 Å². The molecular formula is C37H54NO2-. The SMILES string of the molecule is CC(C)=CCC/C(C)=C/CC/C(C)=C/CC/C(C)=C/CC/C(C)=C/CC/C(C)=C/Cc1cc(C(=O)[O-])ccc1N. The van der Waals surface area contributed by atoms with Crippen molar-refractivity contribution >= 4 is 11.7 Å². The summed E-state index contributed by atoms with van der Waals surface area (Å²) in [6.07, 6.45) is 25.7. The first-order valence-corrected chi connectivity index (χ1v) is 15.0. The summed E-state index contributed by atoms with van der Waals surface area (Å²) in [4.78, 5) is 11.1. The number of allylic oxidation sites excluding steroid dienone is 12. The van der Waals surface area contributed by atoms with E-state index in [9.17, 15) is 9.90 Å². The van der Waals surface area contributed by atoms with Gasteiger partial charge in [-0.05, 0) is 142 Å². The Morgan fingerprint density at radius 2 is 1.00 bits per heavy atom. The molecule has 0 amide bonds. The molecule has 2 N–H and O–H groups in total. The van der Waals surface area contributed by atoms with E-state index in [0.717, 1.165) is 63.4 Å². The molecule has 0 spiro atoms. The molecule has 0 aliphatic heterocycles. The molecule has 40 heavy (non-hydrogen) atoms. The van der Waals surface area contributed by atoms with Crippen molar-refractivity contribution in [2.24, 2.45) is 0 Å². The van der Waals surface area contributed by atoms with E-state index >= 15 is 0 Å². The topological polar surface area (TPSA) is 66.1 Å². The zero-order valence-electron chi connectivity index (χ0n) is 26.4. The van der Waals surface area contributed by atoms with Crippen LogP contribution in [0.5, 0.6) is 0 Å². The van der Waals surface area contributed by atoms with Gasteiger partial charge in [0, 0.05) is 5.69 Å². The van der Waals surface area contributed by atoms with Crippen molar-refractivity contribution in [2.45, 2.75) is 119 Å². The Labute approximate surface area is 245 Å². The van der Waals surface area contributed by atoms with Gasteiger partial charge in [-0.15, -0.1) is 0 Å². The Kier molecular flexibility index (Phi) is 17.4. The van der Waals surface area contributed by atoms with Crippen LogP contribution in [0.2, 0.25) is 0 Å². The summed E-state index contributed by atoms with van der Waals surface area (Å²) < 4.78 is 0. The Hall–Kier alpha value is -3.07. The van der Waals surface area contributed by atoms with E-state index in [1.165, 1.54) is 45.9 Å². The molecule has 220 valence electrons. The summed E-state index contributed by atoms with van der Waals surface area (Å²) in [7, 11) is 0. The van der Waals surface area contributed by atoms with Crippen LogP contribution in [0.3, 0.4) is 0 Å². The summed E-state index contributed by atoms with van der Waals surface area (Å²) in [5.41, 5.74) is 16.2.